The van der Waals surface area contributed by atoms with Crippen LogP contribution in [0.1, 0.15) is 13.8 Å². The van der Waals surface area contributed by atoms with Gasteiger partial charge < -0.3 is 14.0 Å². The number of rotatable bonds is 5. The number of carbonyl (C=O) groups excluding carboxylic acids is 2. The second-order valence-corrected chi connectivity index (χ2v) is 4.42. The number of carbonyl (C=O) groups is 2. The van der Waals surface area contributed by atoms with Crippen molar-refractivity contribution in [1.29, 1.82) is 0 Å². The Bertz CT molecular complexity index is 620. The first-order valence-electron chi connectivity index (χ1n) is 6.26. The minimum absolute atomic E-state index is 0.0292. The summed E-state index contributed by atoms with van der Waals surface area (Å²) in [6.45, 7) is 3.05. The van der Waals surface area contributed by atoms with Crippen LogP contribution in [0.3, 0.4) is 0 Å². The maximum absolute atomic E-state index is 11.1. The summed E-state index contributed by atoms with van der Waals surface area (Å²) < 4.78 is 11.9. The third kappa shape index (κ3) is 3.57. The Morgan fingerprint density at radius 1 is 1.25 bits per heavy atom. The second kappa shape index (κ2) is 6.18. The minimum Gasteiger partial charge on any atom is -0.462 e. The summed E-state index contributed by atoms with van der Waals surface area (Å²) in [5, 5.41) is 0. The molecule has 1 heterocycles. The zero-order valence-corrected chi connectivity index (χ0v) is 11.4. The van der Waals surface area contributed by atoms with Crippen molar-refractivity contribution in [3.8, 4) is 0 Å². The fraction of sp³-hybridized carbons (Fsp3) is 0.357. The van der Waals surface area contributed by atoms with Crippen molar-refractivity contribution in [3.05, 3.63) is 30.6 Å². The van der Waals surface area contributed by atoms with Gasteiger partial charge in [0.1, 0.15) is 6.61 Å². The smallest absolute Gasteiger partial charge is 0.303 e. The molecule has 2 rings (SSSR count). The first-order valence-corrected chi connectivity index (χ1v) is 6.26. The molecule has 0 spiro atoms. The van der Waals surface area contributed by atoms with Gasteiger partial charge in [-0.25, -0.2) is 4.98 Å². The van der Waals surface area contributed by atoms with Gasteiger partial charge in [0, 0.05) is 13.8 Å². The molecule has 0 aliphatic rings. The monoisotopic (exact) mass is 276 g/mol. The predicted octanol–water partition coefficient (Wildman–Crippen LogP) is 1.53. The fourth-order valence-corrected chi connectivity index (χ4v) is 1.94. The summed E-state index contributed by atoms with van der Waals surface area (Å²) in [5.74, 6) is -0.816. The minimum atomic E-state index is -0.533. The van der Waals surface area contributed by atoms with Crippen LogP contribution >= 0.6 is 0 Å². The van der Waals surface area contributed by atoms with E-state index in [1.165, 1.54) is 13.8 Å². The number of benzene rings is 1. The van der Waals surface area contributed by atoms with Gasteiger partial charge in [0.2, 0.25) is 0 Å². The molecule has 20 heavy (non-hydrogen) atoms. The summed E-state index contributed by atoms with van der Waals surface area (Å²) in [6.07, 6.45) is 1.14. The van der Waals surface area contributed by atoms with E-state index in [0.717, 1.165) is 11.0 Å². The third-order valence-corrected chi connectivity index (χ3v) is 2.73. The van der Waals surface area contributed by atoms with Gasteiger partial charge in [0.05, 0.1) is 23.9 Å². The lowest BCUT2D eigenvalue weighted by Crippen LogP contribution is -2.28. The zero-order valence-electron chi connectivity index (χ0n) is 11.4. The van der Waals surface area contributed by atoms with E-state index >= 15 is 0 Å². The van der Waals surface area contributed by atoms with E-state index in [4.69, 9.17) is 9.47 Å². The van der Waals surface area contributed by atoms with Gasteiger partial charge in [-0.15, -0.1) is 0 Å². The molecule has 106 valence electrons. The lowest BCUT2D eigenvalue weighted by molar-refractivity contribution is -0.157. The molecule has 0 saturated heterocycles. The summed E-state index contributed by atoms with van der Waals surface area (Å²) in [5.41, 5.74) is 1.80. The molecule has 0 aliphatic carbocycles. The largest absolute Gasteiger partial charge is 0.462 e. The van der Waals surface area contributed by atoms with Crippen LogP contribution in [0.15, 0.2) is 30.6 Å². The maximum atomic E-state index is 11.1. The van der Waals surface area contributed by atoms with Crippen molar-refractivity contribution in [1.82, 2.24) is 9.55 Å². The third-order valence-electron chi connectivity index (χ3n) is 2.73. The molecule has 2 aromatic rings. The van der Waals surface area contributed by atoms with E-state index in [1.807, 2.05) is 28.8 Å². The van der Waals surface area contributed by atoms with Crippen LogP contribution < -0.4 is 0 Å². The predicted molar refractivity (Wildman–Crippen MR) is 71.9 cm³/mol. The summed E-state index contributed by atoms with van der Waals surface area (Å²) in [4.78, 5) is 26.2. The molecule has 0 bridgehead atoms. The molecule has 0 N–H and O–H groups in total. The lowest BCUT2D eigenvalue weighted by Gasteiger charge is -2.17. The van der Waals surface area contributed by atoms with Crippen LogP contribution in [0.5, 0.6) is 0 Å². The molecular weight excluding hydrogens is 260 g/mol. The molecule has 0 saturated carbocycles. The SMILES string of the molecule is CC(=O)OCC(Cn1cnc2ccccc21)OC(C)=O. The van der Waals surface area contributed by atoms with E-state index in [-0.39, 0.29) is 6.61 Å². The number of imidazole rings is 1. The molecule has 0 radical (unpaired) electrons. The van der Waals surface area contributed by atoms with Crippen molar-refractivity contribution in [3.63, 3.8) is 0 Å². The standard InChI is InChI=1S/C14H16N2O4/c1-10(17)19-8-12(20-11(2)18)7-16-9-15-13-5-3-4-6-14(13)16/h3-6,9,12H,7-8H2,1-2H3. The van der Waals surface area contributed by atoms with Crippen LogP contribution in [-0.2, 0) is 25.6 Å². The number of aromatic nitrogens is 2. The normalized spacial score (nSPS) is 12.1. The van der Waals surface area contributed by atoms with Gasteiger partial charge in [-0.3, -0.25) is 9.59 Å². The Morgan fingerprint density at radius 3 is 2.70 bits per heavy atom. The van der Waals surface area contributed by atoms with Gasteiger partial charge in [-0.1, -0.05) is 12.1 Å². The molecule has 0 fully saturated rings. The number of para-hydroxylation sites is 2. The number of fused-ring (bicyclic) bond motifs is 1. The van der Waals surface area contributed by atoms with Gasteiger partial charge in [-0.05, 0) is 12.1 Å². The number of hydrogen-bond acceptors (Lipinski definition) is 5. The van der Waals surface area contributed by atoms with E-state index in [9.17, 15) is 9.59 Å². The number of hydrogen-bond donors (Lipinski definition) is 0. The number of nitrogens with zero attached hydrogens (tertiary/aromatic N) is 2. The average Bonchev–Trinajstić information content (AvgIpc) is 2.79. The summed E-state index contributed by atoms with van der Waals surface area (Å²) >= 11 is 0. The van der Waals surface area contributed by atoms with Crippen LogP contribution in [0.4, 0.5) is 0 Å². The maximum Gasteiger partial charge on any atom is 0.303 e. The van der Waals surface area contributed by atoms with Crippen molar-refractivity contribution in [2.45, 2.75) is 26.5 Å². The van der Waals surface area contributed by atoms with Gasteiger partial charge in [-0.2, -0.15) is 0 Å². The fourth-order valence-electron chi connectivity index (χ4n) is 1.94. The Balaban J connectivity index is 2.13. The Hall–Kier alpha value is -2.37. The van der Waals surface area contributed by atoms with E-state index in [2.05, 4.69) is 4.98 Å². The van der Waals surface area contributed by atoms with Crippen molar-refractivity contribution in [2.24, 2.45) is 0 Å². The first-order chi connectivity index (χ1) is 9.56. The van der Waals surface area contributed by atoms with Crippen LogP contribution in [0.2, 0.25) is 0 Å². The lowest BCUT2D eigenvalue weighted by atomic mass is 10.3. The number of ether oxygens (including phenoxy) is 2. The van der Waals surface area contributed by atoms with Crippen LogP contribution in [-0.4, -0.2) is 34.2 Å². The average molecular weight is 276 g/mol. The molecule has 1 unspecified atom stereocenters. The highest BCUT2D eigenvalue weighted by Crippen LogP contribution is 2.13. The molecule has 1 aromatic carbocycles. The second-order valence-electron chi connectivity index (χ2n) is 4.42. The van der Waals surface area contributed by atoms with E-state index in [0.29, 0.717) is 6.54 Å². The van der Waals surface area contributed by atoms with E-state index in [1.54, 1.807) is 6.33 Å². The Morgan fingerprint density at radius 2 is 2.00 bits per heavy atom. The number of esters is 2. The van der Waals surface area contributed by atoms with Crippen LogP contribution in [0, 0.1) is 0 Å². The zero-order chi connectivity index (χ0) is 14.5. The van der Waals surface area contributed by atoms with Crippen molar-refractivity contribution >= 4 is 23.0 Å². The first kappa shape index (κ1) is 14.0. The molecule has 0 aliphatic heterocycles. The molecule has 0 amide bonds. The summed E-state index contributed by atoms with van der Waals surface area (Å²) in [7, 11) is 0. The van der Waals surface area contributed by atoms with Crippen molar-refractivity contribution in [2.75, 3.05) is 6.61 Å². The molecule has 6 heteroatoms. The Kier molecular flexibility index (Phi) is 4.34. The van der Waals surface area contributed by atoms with Gasteiger partial charge >= 0.3 is 11.9 Å². The molecular formula is C14H16N2O4. The summed E-state index contributed by atoms with van der Waals surface area (Å²) in [6, 6.07) is 7.65. The van der Waals surface area contributed by atoms with E-state index < -0.39 is 18.0 Å². The van der Waals surface area contributed by atoms with Gasteiger partial charge in [0.25, 0.3) is 0 Å². The highest BCUT2D eigenvalue weighted by Gasteiger charge is 2.16. The molecule has 6 nitrogen and oxygen atoms in total. The highest BCUT2D eigenvalue weighted by atomic mass is 16.6. The Labute approximate surface area is 116 Å². The molecule has 1 aromatic heterocycles. The van der Waals surface area contributed by atoms with Gasteiger partial charge in [0.15, 0.2) is 6.10 Å². The quantitative estimate of drug-likeness (QED) is 0.774. The topological polar surface area (TPSA) is 70.4 Å². The van der Waals surface area contributed by atoms with Crippen molar-refractivity contribution < 1.29 is 19.1 Å². The molecule has 1 atom stereocenters. The highest BCUT2D eigenvalue weighted by molar-refractivity contribution is 5.75. The van der Waals surface area contributed by atoms with Crippen LogP contribution in [0.25, 0.3) is 11.0 Å².